The number of carbonyl (C=O) groups is 1. The molecular weight excluding hydrogens is 216 g/mol. The third-order valence-electron chi connectivity index (χ3n) is 2.82. The zero-order chi connectivity index (χ0) is 11.8. The van der Waals surface area contributed by atoms with E-state index in [1.54, 1.807) is 20.8 Å². The Balaban J connectivity index is 3.37. The first-order valence-electron chi connectivity index (χ1n) is 4.80. The molecule has 1 N–H and O–H groups in total. The first-order valence-corrected chi connectivity index (χ1v) is 5.18. The molecule has 1 rings (SSSR count). The normalized spacial score (nSPS) is 15.0. The number of carboxylic acid groups (broad SMARTS) is 1. The van der Waals surface area contributed by atoms with E-state index < -0.39 is 11.5 Å². The number of aliphatic carboxylic acids is 1. The molecule has 0 aliphatic heterocycles. The summed E-state index contributed by atoms with van der Waals surface area (Å²) in [5.74, 6) is -0.896. The Labute approximate surface area is 93.9 Å². The lowest BCUT2D eigenvalue weighted by Gasteiger charge is -2.25. The van der Waals surface area contributed by atoms with Gasteiger partial charge in [-0.1, -0.05) is 18.5 Å². The van der Waals surface area contributed by atoms with Gasteiger partial charge in [0.1, 0.15) is 0 Å². The molecule has 0 bridgehead atoms. The van der Waals surface area contributed by atoms with Crippen LogP contribution in [0.2, 0.25) is 5.02 Å². The highest BCUT2D eigenvalue weighted by molar-refractivity contribution is 6.31. The van der Waals surface area contributed by atoms with Gasteiger partial charge in [-0.3, -0.25) is 4.68 Å². The number of carboxylic acids is 1. The third-order valence-corrected chi connectivity index (χ3v) is 3.37. The van der Waals surface area contributed by atoms with E-state index in [1.807, 2.05) is 6.92 Å². The maximum absolute atomic E-state index is 11.2. The van der Waals surface area contributed by atoms with E-state index in [0.29, 0.717) is 22.8 Å². The molecule has 1 aromatic heterocycles. The first-order chi connectivity index (χ1) is 6.84. The Bertz CT molecular complexity index is 400. The fraction of sp³-hybridized carbons (Fsp3) is 0.600. The van der Waals surface area contributed by atoms with Crippen LogP contribution in [0, 0.1) is 13.8 Å². The molecule has 4 nitrogen and oxygen atoms in total. The molecule has 1 unspecified atom stereocenters. The smallest absolute Gasteiger partial charge is 0.331 e. The lowest BCUT2D eigenvalue weighted by atomic mass is 9.99. The van der Waals surface area contributed by atoms with Crippen LogP contribution in [-0.4, -0.2) is 20.9 Å². The van der Waals surface area contributed by atoms with Gasteiger partial charge in [-0.15, -0.1) is 0 Å². The molecule has 84 valence electrons. The van der Waals surface area contributed by atoms with Crippen LogP contribution in [0.15, 0.2) is 0 Å². The quantitative estimate of drug-likeness (QED) is 0.867. The lowest BCUT2D eigenvalue weighted by Crippen LogP contribution is -2.39. The van der Waals surface area contributed by atoms with Crippen LogP contribution in [0.25, 0.3) is 0 Å². The topological polar surface area (TPSA) is 55.1 Å². The molecule has 0 fully saturated rings. The zero-order valence-electron chi connectivity index (χ0n) is 9.33. The molecule has 5 heteroatoms. The minimum absolute atomic E-state index is 0.459. The molecule has 0 aromatic carbocycles. The van der Waals surface area contributed by atoms with Crippen molar-refractivity contribution in [2.24, 2.45) is 0 Å². The van der Waals surface area contributed by atoms with Crippen molar-refractivity contribution >= 4 is 17.6 Å². The van der Waals surface area contributed by atoms with Crippen molar-refractivity contribution in [1.29, 1.82) is 0 Å². The van der Waals surface area contributed by atoms with Crippen LogP contribution in [0.3, 0.4) is 0 Å². The number of halogens is 1. The Morgan fingerprint density at radius 1 is 1.60 bits per heavy atom. The highest BCUT2D eigenvalue weighted by atomic mass is 35.5. The average molecular weight is 231 g/mol. The number of aryl methyl sites for hydroxylation is 1. The van der Waals surface area contributed by atoms with Crippen LogP contribution >= 0.6 is 11.6 Å². The Morgan fingerprint density at radius 3 is 2.40 bits per heavy atom. The van der Waals surface area contributed by atoms with Crippen molar-refractivity contribution in [2.45, 2.75) is 39.7 Å². The number of rotatable bonds is 3. The van der Waals surface area contributed by atoms with E-state index in [2.05, 4.69) is 5.10 Å². The summed E-state index contributed by atoms with van der Waals surface area (Å²) in [5.41, 5.74) is 0.332. The largest absolute Gasteiger partial charge is 0.479 e. The molecule has 15 heavy (non-hydrogen) atoms. The van der Waals surface area contributed by atoms with Gasteiger partial charge >= 0.3 is 5.97 Å². The van der Waals surface area contributed by atoms with Crippen molar-refractivity contribution in [3.8, 4) is 0 Å². The summed E-state index contributed by atoms with van der Waals surface area (Å²) >= 11 is 5.99. The van der Waals surface area contributed by atoms with Crippen LogP contribution < -0.4 is 0 Å². The van der Waals surface area contributed by atoms with Gasteiger partial charge in [0.05, 0.1) is 16.4 Å². The van der Waals surface area contributed by atoms with Crippen LogP contribution in [0.4, 0.5) is 0 Å². The summed E-state index contributed by atoms with van der Waals surface area (Å²) in [4.78, 5) is 11.2. The number of aromatic nitrogens is 2. The Hall–Kier alpha value is -1.03. The fourth-order valence-electron chi connectivity index (χ4n) is 1.50. The molecule has 0 aliphatic rings. The minimum Gasteiger partial charge on any atom is -0.479 e. The predicted octanol–water partition coefficient (Wildman–Crippen LogP) is 2.36. The van der Waals surface area contributed by atoms with E-state index in [-0.39, 0.29) is 0 Å². The molecular formula is C10H15ClN2O2. The summed E-state index contributed by atoms with van der Waals surface area (Å²) in [7, 11) is 0. The highest BCUT2D eigenvalue weighted by Crippen LogP contribution is 2.27. The van der Waals surface area contributed by atoms with Gasteiger partial charge in [0.2, 0.25) is 0 Å². The molecule has 0 radical (unpaired) electrons. The van der Waals surface area contributed by atoms with Crippen molar-refractivity contribution < 1.29 is 9.90 Å². The molecule has 0 aliphatic carbocycles. The van der Waals surface area contributed by atoms with Crippen LogP contribution in [-0.2, 0) is 10.3 Å². The Morgan fingerprint density at radius 2 is 2.13 bits per heavy atom. The monoisotopic (exact) mass is 230 g/mol. The highest BCUT2D eigenvalue weighted by Gasteiger charge is 2.36. The van der Waals surface area contributed by atoms with Crippen LogP contribution in [0.1, 0.15) is 31.7 Å². The summed E-state index contributed by atoms with van der Waals surface area (Å²) in [6.45, 7) is 7.01. The molecule has 0 amide bonds. The predicted molar refractivity (Wildman–Crippen MR) is 58.3 cm³/mol. The van der Waals surface area contributed by atoms with Crippen molar-refractivity contribution in [3.05, 3.63) is 16.4 Å². The number of hydrogen-bond acceptors (Lipinski definition) is 2. The van der Waals surface area contributed by atoms with E-state index in [9.17, 15) is 9.90 Å². The summed E-state index contributed by atoms with van der Waals surface area (Å²) in [6.07, 6.45) is 0.459. The molecule has 1 heterocycles. The van der Waals surface area contributed by atoms with Crippen molar-refractivity contribution in [2.75, 3.05) is 0 Å². The second-order valence-electron chi connectivity index (χ2n) is 3.83. The summed E-state index contributed by atoms with van der Waals surface area (Å²) in [5, 5.41) is 13.9. The molecule has 1 atom stereocenters. The fourth-order valence-corrected chi connectivity index (χ4v) is 1.61. The van der Waals surface area contributed by atoms with Gasteiger partial charge < -0.3 is 5.11 Å². The van der Waals surface area contributed by atoms with Gasteiger partial charge in [0.15, 0.2) is 5.54 Å². The summed E-state index contributed by atoms with van der Waals surface area (Å²) < 4.78 is 1.49. The second-order valence-corrected chi connectivity index (χ2v) is 4.21. The molecule has 0 saturated carbocycles. The third kappa shape index (κ3) is 1.74. The van der Waals surface area contributed by atoms with Gasteiger partial charge in [-0.05, 0) is 27.2 Å². The lowest BCUT2D eigenvalue weighted by molar-refractivity contribution is -0.147. The summed E-state index contributed by atoms with van der Waals surface area (Å²) in [6, 6.07) is 0. The van der Waals surface area contributed by atoms with Crippen LogP contribution in [0.5, 0.6) is 0 Å². The second kappa shape index (κ2) is 3.85. The average Bonchev–Trinajstić information content (AvgIpc) is 2.45. The number of hydrogen-bond donors (Lipinski definition) is 1. The van der Waals surface area contributed by atoms with E-state index in [0.717, 1.165) is 0 Å². The van der Waals surface area contributed by atoms with Crippen molar-refractivity contribution in [1.82, 2.24) is 9.78 Å². The van der Waals surface area contributed by atoms with E-state index in [4.69, 9.17) is 11.6 Å². The standard InChI is InChI=1S/C10H15ClN2O2/c1-5-10(4,9(14)15)13-7(3)8(11)6(2)12-13/h5H2,1-4H3,(H,14,15). The van der Waals surface area contributed by atoms with E-state index >= 15 is 0 Å². The Kier molecular flexibility index (Phi) is 3.09. The molecule has 0 saturated heterocycles. The maximum atomic E-state index is 11.2. The SMILES string of the molecule is CCC(C)(C(=O)O)n1nc(C)c(Cl)c1C. The molecule has 0 spiro atoms. The van der Waals surface area contributed by atoms with Gasteiger partial charge in [0.25, 0.3) is 0 Å². The van der Waals surface area contributed by atoms with Crippen molar-refractivity contribution in [3.63, 3.8) is 0 Å². The minimum atomic E-state index is -1.03. The van der Waals surface area contributed by atoms with E-state index in [1.165, 1.54) is 4.68 Å². The maximum Gasteiger partial charge on any atom is 0.331 e. The van der Waals surface area contributed by atoms with Gasteiger partial charge in [0, 0.05) is 0 Å². The zero-order valence-corrected chi connectivity index (χ0v) is 10.1. The van der Waals surface area contributed by atoms with Gasteiger partial charge in [-0.25, -0.2) is 4.79 Å². The number of nitrogens with zero attached hydrogens (tertiary/aromatic N) is 2. The first kappa shape index (κ1) is 12.0. The molecule has 1 aromatic rings. The van der Waals surface area contributed by atoms with Gasteiger partial charge in [-0.2, -0.15) is 5.10 Å².